The molecule has 8 nitrogen and oxygen atoms in total. The zero-order valence-electron chi connectivity index (χ0n) is 16.0. The molecule has 0 aliphatic heterocycles. The van der Waals surface area contributed by atoms with Crippen LogP contribution in [0.4, 0.5) is 28.7 Å². The molecule has 0 spiro atoms. The number of azo groups is 1. The fourth-order valence-corrected chi connectivity index (χ4v) is 2.42. The van der Waals surface area contributed by atoms with Crippen molar-refractivity contribution in [3.8, 4) is 0 Å². The van der Waals surface area contributed by atoms with Gasteiger partial charge in [-0.25, -0.2) is 14.1 Å². The minimum Gasteiger partial charge on any atom is -0.356 e. The van der Waals surface area contributed by atoms with E-state index >= 15 is 0 Å². The highest BCUT2D eigenvalue weighted by atomic mass is 15.7. The van der Waals surface area contributed by atoms with Gasteiger partial charge in [0.2, 0.25) is 0 Å². The molecule has 0 radical (unpaired) electrons. The van der Waals surface area contributed by atoms with Gasteiger partial charge in [-0.3, -0.25) is 0 Å². The Morgan fingerprint density at radius 3 is 2.04 bits per heavy atom. The quantitative estimate of drug-likeness (QED) is 0.341. The van der Waals surface area contributed by atoms with E-state index in [0.29, 0.717) is 0 Å². The van der Waals surface area contributed by atoms with Gasteiger partial charge in [0.25, 0.3) is 0 Å². The first kappa shape index (κ1) is 18.6. The molecule has 2 aromatic carbocycles. The first-order valence-electron chi connectivity index (χ1n) is 8.60. The summed E-state index contributed by atoms with van der Waals surface area (Å²) in [4.78, 5) is 0. The monoisotopic (exact) mass is 365 g/mol. The Hall–Kier alpha value is -3.23. The molecule has 3 rings (SSSR count). The van der Waals surface area contributed by atoms with Crippen LogP contribution in [-0.4, -0.2) is 23.7 Å². The molecule has 8 heteroatoms. The van der Waals surface area contributed by atoms with Crippen LogP contribution in [0.3, 0.4) is 0 Å². The Balaban J connectivity index is 1.60. The predicted molar refractivity (Wildman–Crippen MR) is 107 cm³/mol. The van der Waals surface area contributed by atoms with Gasteiger partial charge in [-0.2, -0.15) is 5.53 Å². The predicted octanol–water partition coefficient (Wildman–Crippen LogP) is 3.40. The number of hydrazine groups is 2. The van der Waals surface area contributed by atoms with E-state index in [4.69, 9.17) is 0 Å². The van der Waals surface area contributed by atoms with Gasteiger partial charge in [0, 0.05) is 30.6 Å². The lowest BCUT2D eigenvalue weighted by atomic mass is 10.2. The second-order valence-corrected chi connectivity index (χ2v) is 6.40. The smallest absolute Gasteiger partial charge is 0.356 e. The van der Waals surface area contributed by atoms with Crippen LogP contribution >= 0.6 is 0 Å². The second kappa shape index (κ2) is 8.43. The molecular weight excluding hydrogens is 340 g/mol. The zero-order chi connectivity index (χ0) is 19.2. The first-order chi connectivity index (χ1) is 13.0. The highest BCUT2D eigenvalue weighted by molar-refractivity contribution is 5.63. The summed E-state index contributed by atoms with van der Waals surface area (Å²) in [5.41, 5.74) is 9.89. The van der Waals surface area contributed by atoms with E-state index in [9.17, 15) is 0 Å². The molecule has 0 amide bonds. The average molecular weight is 365 g/mol. The van der Waals surface area contributed by atoms with Crippen molar-refractivity contribution in [2.24, 2.45) is 24.3 Å². The number of hydrogen-bond acceptors (Lipinski definition) is 6. The number of imidazole rings is 1. The normalized spacial score (nSPS) is 11.3. The molecule has 27 heavy (non-hydrogen) atoms. The Labute approximate surface area is 159 Å². The number of aromatic nitrogens is 2. The lowest BCUT2D eigenvalue weighted by Gasteiger charge is -2.14. The van der Waals surface area contributed by atoms with E-state index < -0.39 is 0 Å². The number of rotatable bonds is 7. The van der Waals surface area contributed by atoms with E-state index in [1.165, 1.54) is 0 Å². The molecule has 0 fully saturated rings. The molecule has 0 aliphatic rings. The van der Waals surface area contributed by atoms with Crippen molar-refractivity contribution < 1.29 is 4.57 Å². The molecule has 3 aromatic rings. The van der Waals surface area contributed by atoms with Crippen molar-refractivity contribution in [1.82, 2.24) is 15.1 Å². The van der Waals surface area contributed by atoms with Crippen LogP contribution in [0.15, 0.2) is 71.2 Å². The fourth-order valence-electron chi connectivity index (χ4n) is 2.42. The van der Waals surface area contributed by atoms with Crippen LogP contribution in [0, 0.1) is 0 Å². The summed E-state index contributed by atoms with van der Waals surface area (Å²) in [5, 5.41) is 13.8. The zero-order valence-corrected chi connectivity index (χ0v) is 16.0. The third kappa shape index (κ3) is 5.13. The Morgan fingerprint density at radius 1 is 0.889 bits per heavy atom. The molecule has 3 N–H and O–H groups in total. The number of anilines is 3. The molecule has 0 saturated heterocycles. The van der Waals surface area contributed by atoms with E-state index in [2.05, 4.69) is 26.5 Å². The summed E-state index contributed by atoms with van der Waals surface area (Å²) in [7, 11) is 7.73. The fraction of sp³-hybridized carbons (Fsp3) is 0.211. The third-order valence-electron chi connectivity index (χ3n) is 3.86. The highest BCUT2D eigenvalue weighted by Crippen LogP contribution is 2.22. The van der Waals surface area contributed by atoms with Gasteiger partial charge in [0.05, 0.1) is 32.2 Å². The van der Waals surface area contributed by atoms with Crippen molar-refractivity contribution in [3.05, 3.63) is 60.9 Å². The lowest BCUT2D eigenvalue weighted by Crippen LogP contribution is -2.35. The van der Waals surface area contributed by atoms with Crippen LogP contribution in [0.25, 0.3) is 0 Å². The van der Waals surface area contributed by atoms with Gasteiger partial charge in [-0.1, -0.05) is 5.11 Å². The summed E-state index contributed by atoms with van der Waals surface area (Å²) in [6.45, 7) is 0. The Kier molecular flexibility index (Phi) is 5.80. The molecule has 140 valence electrons. The first-order valence-corrected chi connectivity index (χ1v) is 8.60. The summed E-state index contributed by atoms with van der Waals surface area (Å²) in [6.07, 6.45) is 3.89. The van der Waals surface area contributed by atoms with E-state index in [-0.39, 0.29) is 0 Å². The van der Waals surface area contributed by atoms with Gasteiger partial charge < -0.3 is 10.7 Å². The molecular formula is C19H25N8+. The van der Waals surface area contributed by atoms with Crippen molar-refractivity contribution in [1.29, 1.82) is 0 Å². The van der Waals surface area contributed by atoms with Crippen LogP contribution in [0.1, 0.15) is 0 Å². The molecule has 0 unspecified atom stereocenters. The summed E-state index contributed by atoms with van der Waals surface area (Å²) >= 11 is 0. The molecule has 0 aliphatic carbocycles. The van der Waals surface area contributed by atoms with Crippen molar-refractivity contribution in [2.45, 2.75) is 0 Å². The summed E-state index contributed by atoms with van der Waals surface area (Å²) in [5.74, 6) is 0.787. The maximum absolute atomic E-state index is 4.30. The van der Waals surface area contributed by atoms with Gasteiger partial charge in [0.15, 0.2) is 0 Å². The van der Waals surface area contributed by atoms with Crippen LogP contribution in [-0.2, 0) is 14.1 Å². The number of hydrogen-bond donors (Lipinski definition) is 3. The summed E-state index contributed by atoms with van der Waals surface area (Å²) < 4.78 is 3.85. The van der Waals surface area contributed by atoms with Crippen molar-refractivity contribution in [2.75, 3.05) is 24.8 Å². The molecule has 0 bridgehead atoms. The van der Waals surface area contributed by atoms with Crippen LogP contribution in [0.5, 0.6) is 0 Å². The maximum atomic E-state index is 4.30. The molecule has 0 atom stereocenters. The topological polar surface area (TPSA) is 72.9 Å². The van der Waals surface area contributed by atoms with Crippen molar-refractivity contribution >= 4 is 28.7 Å². The van der Waals surface area contributed by atoms with E-state index in [1.54, 1.807) is 0 Å². The van der Waals surface area contributed by atoms with E-state index in [1.807, 2.05) is 103 Å². The standard InChI is InChI=1S/C19H24N8/c1-25(2)24-22-18-11-7-16(8-12-18)20-15-5-9-17(10-6-15)21-23-19-26(3)13-14-27(19)4/h5-14H,1-4H3,(H2,20,21,22,24)/p+1. The van der Waals surface area contributed by atoms with Gasteiger partial charge >= 0.3 is 5.95 Å². The lowest BCUT2D eigenvalue weighted by molar-refractivity contribution is -0.657. The number of benzene rings is 2. The SMILES string of the molecule is CN(C)NNc1ccc(Nc2ccc(N=Nc3n(C)cc[n+]3C)cc2)cc1. The van der Waals surface area contributed by atoms with Crippen LogP contribution < -0.4 is 20.8 Å². The van der Waals surface area contributed by atoms with Crippen molar-refractivity contribution in [3.63, 3.8) is 0 Å². The third-order valence-corrected chi connectivity index (χ3v) is 3.86. The number of nitrogens with zero attached hydrogens (tertiary/aromatic N) is 5. The highest BCUT2D eigenvalue weighted by Gasteiger charge is 2.10. The minimum atomic E-state index is 0.787. The number of nitrogens with one attached hydrogen (secondary N) is 3. The Morgan fingerprint density at radius 2 is 1.48 bits per heavy atom. The minimum absolute atomic E-state index is 0.787. The Bertz CT molecular complexity index is 875. The maximum Gasteiger partial charge on any atom is 0.421 e. The van der Waals surface area contributed by atoms with Gasteiger partial charge in [-0.05, 0) is 48.5 Å². The molecule has 1 heterocycles. The van der Waals surface area contributed by atoms with Crippen LogP contribution in [0.2, 0.25) is 0 Å². The average Bonchev–Trinajstić information content (AvgIpc) is 2.98. The van der Waals surface area contributed by atoms with E-state index in [0.717, 1.165) is 28.7 Å². The summed E-state index contributed by atoms with van der Waals surface area (Å²) in [6, 6.07) is 15.9. The largest absolute Gasteiger partial charge is 0.421 e. The second-order valence-electron chi connectivity index (χ2n) is 6.40. The number of aryl methyl sites for hydroxylation is 2. The molecule has 1 aromatic heterocycles. The van der Waals surface area contributed by atoms with Gasteiger partial charge in [0.1, 0.15) is 5.69 Å². The van der Waals surface area contributed by atoms with Gasteiger partial charge in [-0.15, -0.1) is 0 Å². The molecule has 0 saturated carbocycles.